The highest BCUT2D eigenvalue weighted by Crippen LogP contribution is 2.27. The Morgan fingerprint density at radius 1 is 1.20 bits per heavy atom. The van der Waals surface area contributed by atoms with Gasteiger partial charge in [0.1, 0.15) is 5.02 Å². The predicted molar refractivity (Wildman–Crippen MR) is 81.3 cm³/mol. The molecule has 0 unspecified atom stereocenters. The molecule has 2 aromatic carbocycles. The van der Waals surface area contributed by atoms with E-state index in [9.17, 15) is 10.1 Å². The molecule has 4 nitrogen and oxygen atoms in total. The van der Waals surface area contributed by atoms with Gasteiger partial charge in [-0.2, -0.15) is 0 Å². The van der Waals surface area contributed by atoms with Gasteiger partial charge in [-0.15, -0.1) is 0 Å². The lowest BCUT2D eigenvalue weighted by Gasteiger charge is -2.10. The van der Waals surface area contributed by atoms with Crippen LogP contribution in [0.5, 0.6) is 0 Å². The third-order valence-corrected chi connectivity index (χ3v) is 3.44. The number of rotatable bonds is 4. The Bertz CT molecular complexity index is 656. The molecule has 5 heteroatoms. The van der Waals surface area contributed by atoms with Gasteiger partial charge in [-0.25, -0.2) is 0 Å². The summed E-state index contributed by atoms with van der Waals surface area (Å²) in [4.78, 5) is 10.4. The van der Waals surface area contributed by atoms with E-state index in [0.717, 1.165) is 5.56 Å². The van der Waals surface area contributed by atoms with Crippen molar-refractivity contribution in [2.45, 2.75) is 20.4 Å². The highest BCUT2D eigenvalue weighted by molar-refractivity contribution is 6.32. The maximum Gasteiger partial charge on any atom is 0.289 e. The van der Waals surface area contributed by atoms with E-state index >= 15 is 0 Å². The van der Waals surface area contributed by atoms with Crippen LogP contribution < -0.4 is 5.32 Å². The molecule has 0 aliphatic rings. The first kappa shape index (κ1) is 14.3. The molecule has 2 rings (SSSR count). The highest BCUT2D eigenvalue weighted by Gasteiger charge is 2.12. The van der Waals surface area contributed by atoms with Crippen molar-refractivity contribution in [2.75, 3.05) is 5.32 Å². The molecule has 0 amide bonds. The molecule has 104 valence electrons. The first-order chi connectivity index (χ1) is 9.47. The lowest BCUT2D eigenvalue weighted by molar-refractivity contribution is -0.384. The minimum absolute atomic E-state index is 0.0858. The van der Waals surface area contributed by atoms with Crippen molar-refractivity contribution in [3.8, 4) is 0 Å². The maximum atomic E-state index is 10.8. The Hall–Kier alpha value is -2.07. The third kappa shape index (κ3) is 3.27. The van der Waals surface area contributed by atoms with Gasteiger partial charge in [0.25, 0.3) is 5.69 Å². The summed E-state index contributed by atoms with van der Waals surface area (Å²) in [5.41, 5.74) is 4.17. The Morgan fingerprint density at radius 2 is 1.95 bits per heavy atom. The number of nitro benzene ring substituents is 1. The van der Waals surface area contributed by atoms with Crippen molar-refractivity contribution >= 4 is 23.0 Å². The Labute approximate surface area is 122 Å². The number of hydrogen-bond donors (Lipinski definition) is 1. The van der Waals surface area contributed by atoms with Gasteiger partial charge >= 0.3 is 0 Å². The van der Waals surface area contributed by atoms with Gasteiger partial charge in [0.05, 0.1) is 4.92 Å². The number of nitro groups is 1. The van der Waals surface area contributed by atoms with Gasteiger partial charge in [-0.05, 0) is 37.1 Å². The van der Waals surface area contributed by atoms with Crippen molar-refractivity contribution in [3.63, 3.8) is 0 Å². The molecule has 2 aromatic rings. The zero-order chi connectivity index (χ0) is 14.7. The van der Waals surface area contributed by atoms with Crippen molar-refractivity contribution in [3.05, 3.63) is 68.2 Å². The molecular weight excluding hydrogens is 276 g/mol. The lowest BCUT2D eigenvalue weighted by atomic mass is 10.1. The quantitative estimate of drug-likeness (QED) is 0.667. The maximum absolute atomic E-state index is 10.8. The van der Waals surface area contributed by atoms with Gasteiger partial charge in [-0.3, -0.25) is 10.1 Å². The summed E-state index contributed by atoms with van der Waals surface area (Å²) in [6.45, 7) is 4.71. The molecule has 0 bridgehead atoms. The van der Waals surface area contributed by atoms with Gasteiger partial charge in [0, 0.05) is 18.3 Å². The van der Waals surface area contributed by atoms with Crippen LogP contribution in [0.25, 0.3) is 0 Å². The molecule has 0 saturated heterocycles. The molecule has 0 heterocycles. The SMILES string of the molecule is Cc1ccc(CNc2ccc(Cl)c([N+](=O)[O-])c2)c(C)c1. The Balaban J connectivity index is 2.15. The van der Waals surface area contributed by atoms with Gasteiger partial charge in [-0.1, -0.05) is 35.4 Å². The molecule has 0 spiro atoms. The number of benzene rings is 2. The third-order valence-electron chi connectivity index (χ3n) is 3.12. The standard InChI is InChI=1S/C15H15ClN2O2/c1-10-3-4-12(11(2)7-10)9-17-13-5-6-14(16)15(8-13)18(19)20/h3-8,17H,9H2,1-2H3. The van der Waals surface area contributed by atoms with Crippen molar-refractivity contribution in [1.82, 2.24) is 0 Å². The fourth-order valence-corrected chi connectivity index (χ4v) is 2.19. The van der Waals surface area contributed by atoms with E-state index in [2.05, 4.69) is 17.4 Å². The van der Waals surface area contributed by atoms with Gasteiger partial charge < -0.3 is 5.32 Å². The zero-order valence-corrected chi connectivity index (χ0v) is 12.1. The van der Waals surface area contributed by atoms with Crippen LogP contribution in [-0.2, 0) is 6.54 Å². The van der Waals surface area contributed by atoms with Crippen molar-refractivity contribution in [1.29, 1.82) is 0 Å². The van der Waals surface area contributed by atoms with Crippen LogP contribution in [0, 0.1) is 24.0 Å². The number of nitrogens with zero attached hydrogens (tertiary/aromatic N) is 1. The van der Waals surface area contributed by atoms with E-state index in [-0.39, 0.29) is 10.7 Å². The average Bonchev–Trinajstić information content (AvgIpc) is 2.39. The molecular formula is C15H15ClN2O2. The van der Waals surface area contributed by atoms with Crippen LogP contribution >= 0.6 is 11.6 Å². The number of halogens is 1. The summed E-state index contributed by atoms with van der Waals surface area (Å²) in [5, 5.41) is 14.2. The van der Waals surface area contributed by atoms with Gasteiger partial charge in [0.2, 0.25) is 0 Å². The van der Waals surface area contributed by atoms with Gasteiger partial charge in [0.15, 0.2) is 0 Å². The van der Waals surface area contributed by atoms with E-state index in [0.29, 0.717) is 12.2 Å². The highest BCUT2D eigenvalue weighted by atomic mass is 35.5. The number of hydrogen-bond acceptors (Lipinski definition) is 3. The van der Waals surface area contributed by atoms with E-state index in [1.807, 2.05) is 19.9 Å². The lowest BCUT2D eigenvalue weighted by Crippen LogP contribution is -2.02. The summed E-state index contributed by atoms with van der Waals surface area (Å²) in [6.07, 6.45) is 0. The minimum atomic E-state index is -0.482. The van der Waals surface area contributed by atoms with Crippen LogP contribution in [0.1, 0.15) is 16.7 Å². The second kappa shape index (κ2) is 5.92. The molecule has 0 atom stereocenters. The summed E-state index contributed by atoms with van der Waals surface area (Å²) >= 11 is 5.78. The van der Waals surface area contributed by atoms with E-state index in [1.54, 1.807) is 6.07 Å². The molecule has 0 aliphatic heterocycles. The van der Waals surface area contributed by atoms with Crippen LogP contribution in [0.15, 0.2) is 36.4 Å². The molecule has 0 radical (unpaired) electrons. The monoisotopic (exact) mass is 290 g/mol. The largest absolute Gasteiger partial charge is 0.381 e. The molecule has 0 aliphatic carbocycles. The van der Waals surface area contributed by atoms with E-state index in [1.165, 1.54) is 23.3 Å². The van der Waals surface area contributed by atoms with E-state index < -0.39 is 4.92 Å². The van der Waals surface area contributed by atoms with Crippen LogP contribution in [0.4, 0.5) is 11.4 Å². The molecule has 0 fully saturated rings. The fraction of sp³-hybridized carbons (Fsp3) is 0.200. The molecule has 0 saturated carbocycles. The molecule has 1 N–H and O–H groups in total. The molecule has 20 heavy (non-hydrogen) atoms. The summed E-state index contributed by atoms with van der Waals surface area (Å²) in [7, 11) is 0. The van der Waals surface area contributed by atoms with E-state index in [4.69, 9.17) is 11.6 Å². The minimum Gasteiger partial charge on any atom is -0.381 e. The number of nitrogens with one attached hydrogen (secondary N) is 1. The topological polar surface area (TPSA) is 55.2 Å². The van der Waals surface area contributed by atoms with Crippen LogP contribution in [0.2, 0.25) is 5.02 Å². The number of aryl methyl sites for hydroxylation is 2. The summed E-state index contributed by atoms with van der Waals surface area (Å²) in [5.74, 6) is 0. The average molecular weight is 291 g/mol. The Kier molecular flexibility index (Phi) is 4.25. The van der Waals surface area contributed by atoms with Crippen LogP contribution in [0.3, 0.4) is 0 Å². The Morgan fingerprint density at radius 3 is 2.60 bits per heavy atom. The summed E-state index contributed by atoms with van der Waals surface area (Å²) < 4.78 is 0. The first-order valence-corrected chi connectivity index (χ1v) is 6.59. The second-order valence-corrected chi connectivity index (χ2v) is 5.11. The predicted octanol–water partition coefficient (Wildman–Crippen LogP) is 4.48. The van der Waals surface area contributed by atoms with Crippen molar-refractivity contribution < 1.29 is 4.92 Å². The fourth-order valence-electron chi connectivity index (χ4n) is 2.00. The normalized spacial score (nSPS) is 10.3. The van der Waals surface area contributed by atoms with Crippen LogP contribution in [-0.4, -0.2) is 4.92 Å². The van der Waals surface area contributed by atoms with Crippen molar-refractivity contribution in [2.24, 2.45) is 0 Å². The number of anilines is 1. The zero-order valence-electron chi connectivity index (χ0n) is 11.3. The smallest absolute Gasteiger partial charge is 0.289 e. The second-order valence-electron chi connectivity index (χ2n) is 4.71. The molecule has 0 aromatic heterocycles. The summed E-state index contributed by atoms with van der Waals surface area (Å²) in [6, 6.07) is 10.9. The first-order valence-electron chi connectivity index (χ1n) is 6.21.